The quantitative estimate of drug-likeness (QED) is 0.860. The first-order chi connectivity index (χ1) is 10.3. The van der Waals surface area contributed by atoms with Crippen molar-refractivity contribution in [2.24, 2.45) is 0 Å². The number of benzene rings is 1. The van der Waals surface area contributed by atoms with Crippen LogP contribution in [-0.4, -0.2) is 61.7 Å². The van der Waals surface area contributed by atoms with Gasteiger partial charge >= 0.3 is 0 Å². The van der Waals surface area contributed by atoms with Gasteiger partial charge in [0.15, 0.2) is 0 Å². The van der Waals surface area contributed by atoms with E-state index >= 15 is 0 Å². The second-order valence-electron chi connectivity index (χ2n) is 6.13. The van der Waals surface area contributed by atoms with Gasteiger partial charge in [-0.25, -0.2) is 0 Å². The van der Waals surface area contributed by atoms with E-state index < -0.39 is 0 Å². The average Bonchev–Trinajstić information content (AvgIpc) is 2.50. The number of likely N-dealkylation sites (tertiary alicyclic amines) is 1. The molecule has 2 aliphatic heterocycles. The first-order valence-electron chi connectivity index (χ1n) is 8.24. The summed E-state index contributed by atoms with van der Waals surface area (Å²) in [6.07, 6.45) is 1.06. The van der Waals surface area contributed by atoms with Gasteiger partial charge in [0.05, 0.1) is 6.61 Å². The minimum atomic E-state index is 0.777. The third kappa shape index (κ3) is 3.96. The van der Waals surface area contributed by atoms with Crippen LogP contribution in [-0.2, 0) is 6.54 Å². The van der Waals surface area contributed by atoms with Crippen LogP contribution >= 0.6 is 0 Å². The van der Waals surface area contributed by atoms with Crippen molar-refractivity contribution >= 4 is 0 Å². The number of hydrogen-bond acceptors (Lipinski definition) is 4. The lowest BCUT2D eigenvalue weighted by atomic mass is 10.0. The first-order valence-corrected chi connectivity index (χ1v) is 8.24. The van der Waals surface area contributed by atoms with E-state index in [1.165, 1.54) is 31.7 Å². The summed E-state index contributed by atoms with van der Waals surface area (Å²) < 4.78 is 5.63. The SMILES string of the molecule is CCCOc1ccc(CN2CC(N3CCNCC3)C2)cc1. The molecule has 4 nitrogen and oxygen atoms in total. The topological polar surface area (TPSA) is 27.7 Å². The lowest BCUT2D eigenvalue weighted by Crippen LogP contribution is -2.62. The van der Waals surface area contributed by atoms with E-state index in [2.05, 4.69) is 46.3 Å². The van der Waals surface area contributed by atoms with E-state index in [1.807, 2.05) is 0 Å². The fourth-order valence-electron chi connectivity index (χ4n) is 3.12. The van der Waals surface area contributed by atoms with Crippen molar-refractivity contribution in [3.63, 3.8) is 0 Å². The Morgan fingerprint density at radius 1 is 1.14 bits per heavy atom. The Morgan fingerprint density at radius 2 is 1.86 bits per heavy atom. The second kappa shape index (κ2) is 7.25. The van der Waals surface area contributed by atoms with Crippen molar-refractivity contribution in [3.05, 3.63) is 29.8 Å². The third-order valence-electron chi connectivity index (χ3n) is 4.41. The zero-order valence-electron chi connectivity index (χ0n) is 13.1. The van der Waals surface area contributed by atoms with Crippen LogP contribution in [0.25, 0.3) is 0 Å². The summed E-state index contributed by atoms with van der Waals surface area (Å²) in [6, 6.07) is 9.36. The van der Waals surface area contributed by atoms with Crippen LogP contribution in [0.1, 0.15) is 18.9 Å². The van der Waals surface area contributed by atoms with Gasteiger partial charge in [0, 0.05) is 51.9 Å². The van der Waals surface area contributed by atoms with Crippen LogP contribution < -0.4 is 10.1 Å². The zero-order valence-corrected chi connectivity index (χ0v) is 13.1. The molecule has 0 amide bonds. The number of piperazine rings is 1. The Labute approximate surface area is 128 Å². The van der Waals surface area contributed by atoms with Gasteiger partial charge in [-0.15, -0.1) is 0 Å². The van der Waals surface area contributed by atoms with Crippen molar-refractivity contribution in [3.8, 4) is 5.75 Å². The highest BCUT2D eigenvalue weighted by molar-refractivity contribution is 5.27. The molecule has 0 atom stereocenters. The molecule has 0 bridgehead atoms. The summed E-state index contributed by atoms with van der Waals surface area (Å²) in [5.41, 5.74) is 1.39. The molecule has 0 aliphatic carbocycles. The molecular formula is C17H27N3O. The highest BCUT2D eigenvalue weighted by Gasteiger charge is 2.31. The van der Waals surface area contributed by atoms with Crippen LogP contribution in [0, 0.1) is 0 Å². The molecule has 2 aliphatic rings. The maximum absolute atomic E-state index is 5.63. The molecule has 0 unspecified atom stereocenters. The summed E-state index contributed by atoms with van der Waals surface area (Å²) in [4.78, 5) is 5.17. The predicted octanol–water partition coefficient (Wildman–Crippen LogP) is 1.56. The molecule has 1 aromatic rings. The molecule has 1 N–H and O–H groups in total. The summed E-state index contributed by atoms with van der Waals surface area (Å²) in [7, 11) is 0. The predicted molar refractivity (Wildman–Crippen MR) is 85.7 cm³/mol. The Hall–Kier alpha value is -1.10. The van der Waals surface area contributed by atoms with Crippen LogP contribution in [0.3, 0.4) is 0 Å². The van der Waals surface area contributed by atoms with Gasteiger partial charge < -0.3 is 10.1 Å². The summed E-state index contributed by atoms with van der Waals surface area (Å²) in [5.74, 6) is 0.989. The normalized spacial score (nSPS) is 21.2. The molecule has 4 heteroatoms. The Bertz CT molecular complexity index is 422. The van der Waals surface area contributed by atoms with Crippen molar-refractivity contribution in [1.82, 2.24) is 15.1 Å². The smallest absolute Gasteiger partial charge is 0.119 e. The summed E-state index contributed by atoms with van der Waals surface area (Å²) in [6.45, 7) is 11.2. The van der Waals surface area contributed by atoms with Gasteiger partial charge in [0.1, 0.15) is 5.75 Å². The van der Waals surface area contributed by atoms with Gasteiger partial charge in [-0.1, -0.05) is 19.1 Å². The van der Waals surface area contributed by atoms with E-state index in [-0.39, 0.29) is 0 Å². The minimum Gasteiger partial charge on any atom is -0.494 e. The molecule has 3 rings (SSSR count). The highest BCUT2D eigenvalue weighted by Crippen LogP contribution is 2.20. The standard InChI is InChI=1S/C17H27N3O/c1-2-11-21-17-5-3-15(4-6-17)12-19-13-16(14-19)20-9-7-18-8-10-20/h3-6,16,18H,2,7-14H2,1H3. The van der Waals surface area contributed by atoms with Crippen LogP contribution in [0.5, 0.6) is 5.75 Å². The van der Waals surface area contributed by atoms with Gasteiger partial charge in [0.25, 0.3) is 0 Å². The first kappa shape index (κ1) is 14.8. The monoisotopic (exact) mass is 289 g/mol. The summed E-state index contributed by atoms with van der Waals surface area (Å²) >= 11 is 0. The zero-order chi connectivity index (χ0) is 14.5. The van der Waals surface area contributed by atoms with Crippen LogP contribution in [0.4, 0.5) is 0 Å². The van der Waals surface area contributed by atoms with E-state index in [4.69, 9.17) is 4.74 Å². The Balaban J connectivity index is 1.41. The fraction of sp³-hybridized carbons (Fsp3) is 0.647. The molecule has 0 spiro atoms. The number of rotatable bonds is 6. The molecule has 0 radical (unpaired) electrons. The van der Waals surface area contributed by atoms with E-state index in [1.54, 1.807) is 0 Å². The molecule has 116 valence electrons. The minimum absolute atomic E-state index is 0.777. The molecule has 1 aromatic carbocycles. The maximum Gasteiger partial charge on any atom is 0.119 e. The van der Waals surface area contributed by atoms with Gasteiger partial charge in [-0.05, 0) is 24.1 Å². The van der Waals surface area contributed by atoms with Crippen molar-refractivity contribution in [2.45, 2.75) is 25.9 Å². The molecular weight excluding hydrogens is 262 g/mol. The van der Waals surface area contributed by atoms with Crippen LogP contribution in [0.2, 0.25) is 0 Å². The van der Waals surface area contributed by atoms with Gasteiger partial charge in [-0.3, -0.25) is 9.80 Å². The molecule has 2 heterocycles. The average molecular weight is 289 g/mol. The van der Waals surface area contributed by atoms with Crippen molar-refractivity contribution in [2.75, 3.05) is 45.9 Å². The number of nitrogens with zero attached hydrogens (tertiary/aromatic N) is 2. The lowest BCUT2D eigenvalue weighted by molar-refractivity contribution is 0.0223. The number of ether oxygens (including phenoxy) is 1. The van der Waals surface area contributed by atoms with Crippen molar-refractivity contribution in [1.29, 1.82) is 0 Å². The molecule has 21 heavy (non-hydrogen) atoms. The van der Waals surface area contributed by atoms with E-state index in [0.29, 0.717) is 0 Å². The Kier molecular flexibility index (Phi) is 5.12. The van der Waals surface area contributed by atoms with E-state index in [0.717, 1.165) is 44.5 Å². The molecule has 2 saturated heterocycles. The van der Waals surface area contributed by atoms with E-state index in [9.17, 15) is 0 Å². The van der Waals surface area contributed by atoms with Gasteiger partial charge in [-0.2, -0.15) is 0 Å². The van der Waals surface area contributed by atoms with Crippen molar-refractivity contribution < 1.29 is 4.74 Å². The second-order valence-corrected chi connectivity index (χ2v) is 6.13. The maximum atomic E-state index is 5.63. The third-order valence-corrected chi connectivity index (χ3v) is 4.41. The number of nitrogens with one attached hydrogen (secondary N) is 1. The molecule has 2 fully saturated rings. The fourth-order valence-corrected chi connectivity index (χ4v) is 3.12. The molecule has 0 aromatic heterocycles. The summed E-state index contributed by atoms with van der Waals surface area (Å²) in [5, 5.41) is 3.42. The number of hydrogen-bond donors (Lipinski definition) is 1. The highest BCUT2D eigenvalue weighted by atomic mass is 16.5. The van der Waals surface area contributed by atoms with Gasteiger partial charge in [0.2, 0.25) is 0 Å². The molecule has 0 saturated carbocycles. The Morgan fingerprint density at radius 3 is 2.52 bits per heavy atom. The lowest BCUT2D eigenvalue weighted by Gasteiger charge is -2.46. The van der Waals surface area contributed by atoms with Crippen LogP contribution in [0.15, 0.2) is 24.3 Å². The largest absolute Gasteiger partial charge is 0.494 e.